The fourth-order valence-corrected chi connectivity index (χ4v) is 2.81. The molecule has 0 aromatic heterocycles. The monoisotopic (exact) mass is 401 g/mol. The van der Waals surface area contributed by atoms with Gasteiger partial charge in [-0.15, -0.1) is 0 Å². The summed E-state index contributed by atoms with van der Waals surface area (Å²) in [5.74, 6) is -0.334. The zero-order chi connectivity index (χ0) is 14.8. The highest BCUT2D eigenvalue weighted by atomic mass is 127. The highest BCUT2D eigenvalue weighted by Crippen LogP contribution is 2.19. The number of carbonyl (C=O) groups is 1. The molecule has 0 saturated heterocycles. The summed E-state index contributed by atoms with van der Waals surface area (Å²) in [4.78, 5) is 12.3. The van der Waals surface area contributed by atoms with Crippen molar-refractivity contribution >= 4 is 44.0 Å². The fraction of sp³-hybridized carbons (Fsp3) is 0.0714. The normalized spacial score (nSPS) is 11.1. The van der Waals surface area contributed by atoms with Crippen molar-refractivity contribution in [1.82, 2.24) is 0 Å². The average Bonchev–Trinajstić information content (AvgIpc) is 2.40. The molecular weight excluding hydrogens is 389 g/mol. The summed E-state index contributed by atoms with van der Waals surface area (Å²) in [6, 6.07) is 13.4. The molecule has 0 spiro atoms. The topological polar surface area (TPSA) is 63.2 Å². The lowest BCUT2D eigenvalue weighted by molar-refractivity contribution is 0.102. The Morgan fingerprint density at radius 3 is 2.45 bits per heavy atom. The Morgan fingerprint density at radius 1 is 1.10 bits per heavy atom. The van der Waals surface area contributed by atoms with Crippen LogP contribution < -0.4 is 5.32 Å². The lowest BCUT2D eigenvalue weighted by atomic mass is 10.2. The first-order chi connectivity index (χ1) is 9.38. The molecule has 0 atom stereocenters. The molecule has 0 fully saturated rings. The number of sulfone groups is 1. The minimum atomic E-state index is -3.32. The van der Waals surface area contributed by atoms with Crippen molar-refractivity contribution < 1.29 is 13.2 Å². The summed E-state index contributed by atoms with van der Waals surface area (Å²) in [6.45, 7) is 0. The average molecular weight is 401 g/mol. The van der Waals surface area contributed by atoms with Gasteiger partial charge in [0.1, 0.15) is 0 Å². The van der Waals surface area contributed by atoms with E-state index in [1.807, 2.05) is 18.2 Å². The summed E-state index contributed by atoms with van der Waals surface area (Å²) in [7, 11) is -3.32. The van der Waals surface area contributed by atoms with Gasteiger partial charge in [0.2, 0.25) is 0 Å². The smallest absolute Gasteiger partial charge is 0.255 e. The Morgan fingerprint density at radius 2 is 1.80 bits per heavy atom. The zero-order valence-electron chi connectivity index (χ0n) is 10.6. The van der Waals surface area contributed by atoms with Gasteiger partial charge < -0.3 is 5.32 Å². The van der Waals surface area contributed by atoms with Crippen LogP contribution in [0.5, 0.6) is 0 Å². The summed E-state index contributed by atoms with van der Waals surface area (Å²) in [5, 5.41) is 2.76. The number of amides is 1. The van der Waals surface area contributed by atoms with Crippen molar-refractivity contribution in [2.24, 2.45) is 0 Å². The number of benzene rings is 2. The fourth-order valence-electron chi connectivity index (χ4n) is 1.63. The van der Waals surface area contributed by atoms with Crippen LogP contribution in [0.25, 0.3) is 0 Å². The van der Waals surface area contributed by atoms with Gasteiger partial charge in [0.05, 0.1) is 10.6 Å². The molecule has 104 valence electrons. The van der Waals surface area contributed by atoms with Gasteiger partial charge in [-0.2, -0.15) is 0 Å². The van der Waals surface area contributed by atoms with Crippen molar-refractivity contribution in [3.8, 4) is 0 Å². The number of anilines is 1. The molecule has 2 aromatic carbocycles. The highest BCUT2D eigenvalue weighted by Gasteiger charge is 2.12. The van der Waals surface area contributed by atoms with Gasteiger partial charge in [0.15, 0.2) is 9.84 Å². The molecular formula is C14H12INO3S. The molecule has 0 aliphatic carbocycles. The van der Waals surface area contributed by atoms with Crippen LogP contribution in [0.2, 0.25) is 0 Å². The third-order valence-electron chi connectivity index (χ3n) is 2.65. The maximum Gasteiger partial charge on any atom is 0.255 e. The number of nitrogens with one attached hydrogen (secondary N) is 1. The summed E-state index contributed by atoms with van der Waals surface area (Å²) in [6.07, 6.45) is 1.12. The Bertz CT molecular complexity index is 757. The predicted octanol–water partition coefficient (Wildman–Crippen LogP) is 2.95. The van der Waals surface area contributed by atoms with Crippen LogP contribution >= 0.6 is 22.6 Å². The van der Waals surface area contributed by atoms with Gasteiger partial charge >= 0.3 is 0 Å². The molecule has 4 nitrogen and oxygen atoms in total. The van der Waals surface area contributed by atoms with E-state index >= 15 is 0 Å². The second kappa shape index (κ2) is 5.92. The summed E-state index contributed by atoms with van der Waals surface area (Å²) >= 11 is 2.12. The molecule has 0 aliphatic rings. The van der Waals surface area contributed by atoms with Crippen molar-refractivity contribution in [2.45, 2.75) is 4.90 Å². The zero-order valence-corrected chi connectivity index (χ0v) is 13.6. The van der Waals surface area contributed by atoms with Crippen LogP contribution in [-0.2, 0) is 9.84 Å². The Balaban J connectivity index is 2.29. The van der Waals surface area contributed by atoms with Gasteiger partial charge in [-0.05, 0) is 52.9 Å². The van der Waals surface area contributed by atoms with E-state index in [0.717, 1.165) is 9.83 Å². The lowest BCUT2D eigenvalue weighted by Crippen LogP contribution is -2.13. The van der Waals surface area contributed by atoms with Gasteiger partial charge in [0.25, 0.3) is 5.91 Å². The van der Waals surface area contributed by atoms with Crippen LogP contribution in [0.3, 0.4) is 0 Å². The number of para-hydroxylation sites is 1. The van der Waals surface area contributed by atoms with E-state index in [2.05, 4.69) is 27.9 Å². The Kier molecular flexibility index (Phi) is 4.44. The van der Waals surface area contributed by atoms with Crippen molar-refractivity contribution in [3.63, 3.8) is 0 Å². The summed E-state index contributed by atoms with van der Waals surface area (Å²) < 4.78 is 23.9. The first-order valence-electron chi connectivity index (χ1n) is 5.74. The predicted molar refractivity (Wildman–Crippen MR) is 86.7 cm³/mol. The molecule has 2 aromatic rings. The molecule has 1 N–H and O–H groups in total. The molecule has 0 radical (unpaired) electrons. The number of rotatable bonds is 3. The molecule has 20 heavy (non-hydrogen) atoms. The SMILES string of the molecule is CS(=O)(=O)c1cccc(C(=O)Nc2ccccc2I)c1. The van der Waals surface area contributed by atoms with Crippen LogP contribution in [0.4, 0.5) is 5.69 Å². The van der Waals surface area contributed by atoms with E-state index in [0.29, 0.717) is 11.3 Å². The number of halogens is 1. The third kappa shape index (κ3) is 3.57. The van der Waals surface area contributed by atoms with Gasteiger partial charge in [0, 0.05) is 15.4 Å². The number of hydrogen-bond donors (Lipinski definition) is 1. The molecule has 2 rings (SSSR count). The number of carbonyl (C=O) groups excluding carboxylic acids is 1. The van der Waals surface area contributed by atoms with Crippen molar-refractivity contribution in [1.29, 1.82) is 0 Å². The van der Waals surface area contributed by atoms with E-state index < -0.39 is 9.84 Å². The highest BCUT2D eigenvalue weighted by molar-refractivity contribution is 14.1. The van der Waals surface area contributed by atoms with E-state index in [-0.39, 0.29) is 10.8 Å². The Hall–Kier alpha value is -1.41. The molecule has 0 bridgehead atoms. The molecule has 6 heteroatoms. The van der Waals surface area contributed by atoms with Crippen LogP contribution in [0.1, 0.15) is 10.4 Å². The maximum atomic E-state index is 12.1. The van der Waals surface area contributed by atoms with E-state index in [1.54, 1.807) is 18.2 Å². The minimum absolute atomic E-state index is 0.132. The standard InChI is InChI=1S/C14H12INO3S/c1-20(18,19)11-6-4-5-10(9-11)14(17)16-13-8-3-2-7-12(13)15/h2-9H,1H3,(H,16,17). The first-order valence-corrected chi connectivity index (χ1v) is 8.71. The van der Waals surface area contributed by atoms with Gasteiger partial charge in [-0.25, -0.2) is 8.42 Å². The van der Waals surface area contributed by atoms with Crippen LogP contribution in [0.15, 0.2) is 53.4 Å². The van der Waals surface area contributed by atoms with Crippen molar-refractivity contribution in [2.75, 3.05) is 11.6 Å². The summed E-state index contributed by atoms with van der Waals surface area (Å²) in [5.41, 5.74) is 1.01. The maximum absolute atomic E-state index is 12.1. The third-order valence-corrected chi connectivity index (χ3v) is 4.70. The van der Waals surface area contributed by atoms with Crippen LogP contribution in [0, 0.1) is 3.57 Å². The second-order valence-electron chi connectivity index (χ2n) is 4.23. The van der Waals surface area contributed by atoms with Gasteiger partial charge in [-0.1, -0.05) is 18.2 Å². The lowest BCUT2D eigenvalue weighted by Gasteiger charge is -2.08. The molecule has 0 saturated carbocycles. The van der Waals surface area contributed by atoms with Crippen LogP contribution in [-0.4, -0.2) is 20.6 Å². The first kappa shape index (κ1) is 15.0. The quantitative estimate of drug-likeness (QED) is 0.805. The van der Waals surface area contributed by atoms with Gasteiger partial charge in [-0.3, -0.25) is 4.79 Å². The van der Waals surface area contributed by atoms with E-state index in [4.69, 9.17) is 0 Å². The van der Waals surface area contributed by atoms with Crippen molar-refractivity contribution in [3.05, 3.63) is 57.7 Å². The number of hydrogen-bond acceptors (Lipinski definition) is 3. The van der Waals surface area contributed by atoms with E-state index in [1.165, 1.54) is 12.1 Å². The minimum Gasteiger partial charge on any atom is -0.321 e. The largest absolute Gasteiger partial charge is 0.321 e. The Labute approximate surface area is 131 Å². The molecule has 1 amide bonds. The molecule has 0 heterocycles. The molecule has 0 aliphatic heterocycles. The molecule has 0 unspecified atom stereocenters. The van der Waals surface area contributed by atoms with E-state index in [9.17, 15) is 13.2 Å². The second-order valence-corrected chi connectivity index (χ2v) is 7.41.